The van der Waals surface area contributed by atoms with Crippen molar-refractivity contribution in [1.29, 1.82) is 0 Å². The van der Waals surface area contributed by atoms with Crippen LogP contribution in [0.3, 0.4) is 0 Å². The monoisotopic (exact) mass is 397 g/mol. The molecule has 6 heteroatoms. The van der Waals surface area contributed by atoms with E-state index in [1.807, 2.05) is 30.3 Å². The number of amides is 1. The van der Waals surface area contributed by atoms with Crippen LogP contribution in [0.2, 0.25) is 0 Å². The van der Waals surface area contributed by atoms with Crippen LogP contribution in [0.15, 0.2) is 48.7 Å². The van der Waals surface area contributed by atoms with Gasteiger partial charge in [-0.2, -0.15) is 0 Å². The molecule has 1 amide bonds. The molecule has 156 valence electrons. The number of rotatable bonds is 9. The Balaban J connectivity index is 1.70. The van der Waals surface area contributed by atoms with Gasteiger partial charge in [-0.25, -0.2) is 4.98 Å². The van der Waals surface area contributed by atoms with E-state index in [4.69, 9.17) is 9.47 Å². The van der Waals surface area contributed by atoms with Crippen LogP contribution in [0.5, 0.6) is 11.6 Å². The number of benzene rings is 1. The molecule has 1 unspecified atom stereocenters. The van der Waals surface area contributed by atoms with E-state index < -0.39 is 0 Å². The lowest BCUT2D eigenvalue weighted by Gasteiger charge is -2.38. The summed E-state index contributed by atoms with van der Waals surface area (Å²) < 4.78 is 11.4. The second kappa shape index (κ2) is 10.9. The van der Waals surface area contributed by atoms with Gasteiger partial charge in [0.25, 0.3) is 5.91 Å². The van der Waals surface area contributed by atoms with Gasteiger partial charge in [0.05, 0.1) is 13.2 Å². The number of carbonyl (C=O) groups is 1. The molecule has 0 radical (unpaired) electrons. The first kappa shape index (κ1) is 21.3. The predicted octanol–water partition coefficient (Wildman–Crippen LogP) is 3.74. The maximum absolute atomic E-state index is 13.0. The standard InChI is InChI=1S/C23H31N3O3/c1-3-18(4-2)21(26-13-15-28-16-14-26)17-25-22(27)20-11-8-12-24-23(20)29-19-9-6-5-7-10-19/h5-12,18,21H,3-4,13-17H2,1-2H3,(H,25,27). The summed E-state index contributed by atoms with van der Waals surface area (Å²) in [5, 5.41) is 3.13. The average molecular weight is 398 g/mol. The van der Waals surface area contributed by atoms with E-state index in [0.29, 0.717) is 35.7 Å². The van der Waals surface area contributed by atoms with Crippen LogP contribution in [-0.4, -0.2) is 54.7 Å². The van der Waals surface area contributed by atoms with Gasteiger partial charge in [0.1, 0.15) is 11.3 Å². The Hall–Kier alpha value is -2.44. The molecule has 1 aliphatic heterocycles. The zero-order valence-electron chi connectivity index (χ0n) is 17.3. The van der Waals surface area contributed by atoms with Crippen molar-refractivity contribution < 1.29 is 14.3 Å². The molecule has 1 aromatic carbocycles. The van der Waals surface area contributed by atoms with Gasteiger partial charge in [-0.3, -0.25) is 9.69 Å². The molecule has 2 aromatic rings. The minimum absolute atomic E-state index is 0.159. The number of nitrogens with one attached hydrogen (secondary N) is 1. The molecular formula is C23H31N3O3. The van der Waals surface area contributed by atoms with Crippen LogP contribution in [-0.2, 0) is 4.74 Å². The van der Waals surface area contributed by atoms with E-state index in [2.05, 4.69) is 29.0 Å². The van der Waals surface area contributed by atoms with Crippen LogP contribution < -0.4 is 10.1 Å². The lowest BCUT2D eigenvalue weighted by Crippen LogP contribution is -2.52. The van der Waals surface area contributed by atoms with E-state index in [1.165, 1.54) is 0 Å². The molecule has 0 aliphatic carbocycles. The molecule has 0 bridgehead atoms. The second-order valence-electron chi connectivity index (χ2n) is 7.27. The first-order chi connectivity index (χ1) is 14.2. The number of aromatic nitrogens is 1. The van der Waals surface area contributed by atoms with Crippen molar-refractivity contribution in [3.8, 4) is 11.6 Å². The highest BCUT2D eigenvalue weighted by Crippen LogP contribution is 2.23. The van der Waals surface area contributed by atoms with E-state index in [9.17, 15) is 4.79 Å². The summed E-state index contributed by atoms with van der Waals surface area (Å²) in [5.74, 6) is 1.35. The van der Waals surface area contributed by atoms with Crippen molar-refractivity contribution in [3.63, 3.8) is 0 Å². The Morgan fingerprint density at radius 3 is 2.55 bits per heavy atom. The summed E-state index contributed by atoms with van der Waals surface area (Å²) in [6, 6.07) is 13.2. The molecule has 1 fully saturated rings. The van der Waals surface area contributed by atoms with E-state index in [-0.39, 0.29) is 5.91 Å². The highest BCUT2D eigenvalue weighted by Gasteiger charge is 2.27. The smallest absolute Gasteiger partial charge is 0.256 e. The van der Waals surface area contributed by atoms with Gasteiger partial charge in [0.15, 0.2) is 0 Å². The fraction of sp³-hybridized carbons (Fsp3) is 0.478. The third-order valence-corrected chi connectivity index (χ3v) is 5.55. The number of hydrogen-bond donors (Lipinski definition) is 1. The van der Waals surface area contributed by atoms with Gasteiger partial charge in [-0.05, 0) is 30.2 Å². The Morgan fingerprint density at radius 1 is 1.14 bits per heavy atom. The van der Waals surface area contributed by atoms with Crippen LogP contribution in [0.4, 0.5) is 0 Å². The SMILES string of the molecule is CCC(CC)C(CNC(=O)c1cccnc1Oc1ccccc1)N1CCOCC1. The van der Waals surface area contributed by atoms with Crippen molar-refractivity contribution >= 4 is 5.91 Å². The summed E-state index contributed by atoms with van der Waals surface area (Å²) in [4.78, 5) is 19.7. The molecule has 2 heterocycles. The highest BCUT2D eigenvalue weighted by molar-refractivity contribution is 5.96. The molecule has 6 nitrogen and oxygen atoms in total. The molecule has 1 aromatic heterocycles. The number of carbonyl (C=O) groups excluding carboxylic acids is 1. The number of nitrogens with zero attached hydrogens (tertiary/aromatic N) is 2. The molecule has 29 heavy (non-hydrogen) atoms. The van der Waals surface area contributed by atoms with E-state index >= 15 is 0 Å². The van der Waals surface area contributed by atoms with Crippen molar-refractivity contribution in [2.45, 2.75) is 32.7 Å². The molecule has 0 saturated carbocycles. The van der Waals surface area contributed by atoms with Gasteiger partial charge in [0, 0.05) is 31.9 Å². The lowest BCUT2D eigenvalue weighted by molar-refractivity contribution is 0.00191. The zero-order chi connectivity index (χ0) is 20.5. The Bertz CT molecular complexity index is 759. The molecule has 1 aliphatic rings. The maximum atomic E-state index is 13.0. The van der Waals surface area contributed by atoms with Gasteiger partial charge >= 0.3 is 0 Å². The Kier molecular flexibility index (Phi) is 8.02. The third kappa shape index (κ3) is 5.78. The largest absolute Gasteiger partial charge is 0.438 e. The average Bonchev–Trinajstić information content (AvgIpc) is 2.78. The first-order valence-corrected chi connectivity index (χ1v) is 10.5. The predicted molar refractivity (Wildman–Crippen MR) is 113 cm³/mol. The molecule has 1 saturated heterocycles. The number of pyridine rings is 1. The number of morpholine rings is 1. The highest BCUT2D eigenvalue weighted by atomic mass is 16.5. The van der Waals surface area contributed by atoms with Gasteiger partial charge in [-0.15, -0.1) is 0 Å². The molecular weight excluding hydrogens is 366 g/mol. The first-order valence-electron chi connectivity index (χ1n) is 10.5. The normalized spacial score (nSPS) is 15.8. The van der Waals surface area contributed by atoms with E-state index in [1.54, 1.807) is 18.3 Å². The van der Waals surface area contributed by atoms with Crippen LogP contribution >= 0.6 is 0 Å². The summed E-state index contributed by atoms with van der Waals surface area (Å²) in [6.45, 7) is 8.36. The van der Waals surface area contributed by atoms with Crippen molar-refractivity contribution in [2.24, 2.45) is 5.92 Å². The van der Waals surface area contributed by atoms with Crippen LogP contribution in [0, 0.1) is 5.92 Å². The second-order valence-corrected chi connectivity index (χ2v) is 7.27. The number of hydrogen-bond acceptors (Lipinski definition) is 5. The van der Waals surface area contributed by atoms with Crippen molar-refractivity contribution in [3.05, 3.63) is 54.2 Å². The topological polar surface area (TPSA) is 63.7 Å². The van der Waals surface area contributed by atoms with Gasteiger partial charge in [-0.1, -0.05) is 44.9 Å². The zero-order valence-corrected chi connectivity index (χ0v) is 17.3. The maximum Gasteiger partial charge on any atom is 0.256 e. The fourth-order valence-corrected chi connectivity index (χ4v) is 3.87. The van der Waals surface area contributed by atoms with Crippen LogP contribution in [0.1, 0.15) is 37.0 Å². The third-order valence-electron chi connectivity index (χ3n) is 5.55. The van der Waals surface area contributed by atoms with E-state index in [0.717, 1.165) is 39.1 Å². The quantitative estimate of drug-likeness (QED) is 0.698. The van der Waals surface area contributed by atoms with Crippen molar-refractivity contribution in [2.75, 3.05) is 32.8 Å². The Labute approximate surface area is 173 Å². The molecule has 1 atom stereocenters. The minimum atomic E-state index is -0.159. The number of para-hydroxylation sites is 1. The van der Waals surface area contributed by atoms with Crippen molar-refractivity contribution in [1.82, 2.24) is 15.2 Å². The lowest BCUT2D eigenvalue weighted by atomic mass is 9.92. The fourth-order valence-electron chi connectivity index (χ4n) is 3.87. The summed E-state index contributed by atoms with van der Waals surface area (Å²) >= 11 is 0. The van der Waals surface area contributed by atoms with Crippen LogP contribution in [0.25, 0.3) is 0 Å². The Morgan fingerprint density at radius 2 is 1.86 bits per heavy atom. The molecule has 3 rings (SSSR count). The van der Waals surface area contributed by atoms with Gasteiger partial charge < -0.3 is 14.8 Å². The summed E-state index contributed by atoms with van der Waals surface area (Å²) in [7, 11) is 0. The minimum Gasteiger partial charge on any atom is -0.438 e. The van der Waals surface area contributed by atoms with Gasteiger partial charge in [0.2, 0.25) is 5.88 Å². The summed E-state index contributed by atoms with van der Waals surface area (Å²) in [5.41, 5.74) is 0.446. The molecule has 1 N–H and O–H groups in total. The number of ether oxygens (including phenoxy) is 2. The molecule has 0 spiro atoms. The summed E-state index contributed by atoms with van der Waals surface area (Å²) in [6.07, 6.45) is 3.81.